The molecule has 0 spiro atoms. The van der Waals surface area contributed by atoms with Crippen LogP contribution in [-0.4, -0.2) is 16.8 Å². The standard InChI is InChI=1S/C20H17F4NO/c21-18-7-2-1-5-15(18)13-25(17-9-10-17)19(26)11-8-14-4-3-6-16(12-14)20(22,23)24/h1-8,11-12,17H,9-10,13H2/b11-8+. The van der Waals surface area contributed by atoms with Crippen molar-refractivity contribution in [1.29, 1.82) is 0 Å². The van der Waals surface area contributed by atoms with Gasteiger partial charge in [-0.25, -0.2) is 4.39 Å². The molecule has 0 aromatic heterocycles. The van der Waals surface area contributed by atoms with E-state index >= 15 is 0 Å². The number of benzene rings is 2. The fraction of sp³-hybridized carbons (Fsp3) is 0.250. The van der Waals surface area contributed by atoms with Crippen LogP contribution in [0.2, 0.25) is 0 Å². The molecule has 1 fully saturated rings. The molecule has 2 nitrogen and oxygen atoms in total. The smallest absolute Gasteiger partial charge is 0.332 e. The molecule has 1 aliphatic carbocycles. The van der Waals surface area contributed by atoms with Crippen molar-refractivity contribution >= 4 is 12.0 Å². The van der Waals surface area contributed by atoms with Gasteiger partial charge in [0.25, 0.3) is 0 Å². The molecule has 0 unspecified atom stereocenters. The molecule has 6 heteroatoms. The lowest BCUT2D eigenvalue weighted by Gasteiger charge is -2.21. The maximum Gasteiger partial charge on any atom is 0.416 e. The minimum atomic E-state index is -4.43. The zero-order valence-corrected chi connectivity index (χ0v) is 13.8. The zero-order chi connectivity index (χ0) is 18.7. The van der Waals surface area contributed by atoms with E-state index in [0.29, 0.717) is 5.56 Å². The summed E-state index contributed by atoms with van der Waals surface area (Å²) >= 11 is 0. The predicted molar refractivity (Wildman–Crippen MR) is 90.5 cm³/mol. The van der Waals surface area contributed by atoms with E-state index in [2.05, 4.69) is 0 Å². The van der Waals surface area contributed by atoms with E-state index in [0.717, 1.165) is 25.0 Å². The molecule has 1 saturated carbocycles. The number of carbonyl (C=O) groups is 1. The van der Waals surface area contributed by atoms with Gasteiger partial charge >= 0.3 is 6.18 Å². The minimum absolute atomic E-state index is 0.0493. The van der Waals surface area contributed by atoms with Crippen LogP contribution >= 0.6 is 0 Å². The van der Waals surface area contributed by atoms with E-state index in [9.17, 15) is 22.4 Å². The van der Waals surface area contributed by atoms with Gasteiger partial charge in [0.15, 0.2) is 0 Å². The molecular formula is C20H17F4NO. The number of rotatable bonds is 5. The van der Waals surface area contributed by atoms with Crippen LogP contribution in [0.3, 0.4) is 0 Å². The van der Waals surface area contributed by atoms with Gasteiger partial charge in [-0.1, -0.05) is 30.3 Å². The second-order valence-corrected chi connectivity index (χ2v) is 6.25. The molecule has 0 heterocycles. The van der Waals surface area contributed by atoms with Gasteiger partial charge in [-0.3, -0.25) is 4.79 Å². The van der Waals surface area contributed by atoms with Gasteiger partial charge in [-0.15, -0.1) is 0 Å². The minimum Gasteiger partial charge on any atom is -0.332 e. The number of halogens is 4. The Balaban J connectivity index is 1.74. The zero-order valence-electron chi connectivity index (χ0n) is 13.8. The second-order valence-electron chi connectivity index (χ2n) is 6.25. The SMILES string of the molecule is O=C(/C=C/c1cccc(C(F)(F)F)c1)N(Cc1ccccc1F)C1CC1. The summed E-state index contributed by atoms with van der Waals surface area (Å²) in [6.45, 7) is 0.142. The van der Waals surface area contributed by atoms with Crippen molar-refractivity contribution in [2.24, 2.45) is 0 Å². The first-order chi connectivity index (χ1) is 12.3. The summed E-state index contributed by atoms with van der Waals surface area (Å²) < 4.78 is 52.1. The van der Waals surface area contributed by atoms with Crippen molar-refractivity contribution in [3.63, 3.8) is 0 Å². The van der Waals surface area contributed by atoms with Gasteiger partial charge in [0.05, 0.1) is 5.56 Å². The first-order valence-electron chi connectivity index (χ1n) is 8.24. The Labute approximate surface area is 148 Å². The van der Waals surface area contributed by atoms with Crippen LogP contribution in [-0.2, 0) is 17.5 Å². The number of nitrogens with zero attached hydrogens (tertiary/aromatic N) is 1. The second kappa shape index (κ2) is 7.32. The molecule has 2 aromatic rings. The van der Waals surface area contributed by atoms with Gasteiger partial charge < -0.3 is 4.90 Å². The summed E-state index contributed by atoms with van der Waals surface area (Å²) in [5.41, 5.74) is -0.0625. The highest BCUT2D eigenvalue weighted by Gasteiger charge is 2.32. The number of hydrogen-bond acceptors (Lipinski definition) is 1. The maximum atomic E-state index is 13.8. The van der Waals surface area contributed by atoms with Crippen molar-refractivity contribution in [2.75, 3.05) is 0 Å². The molecular weight excluding hydrogens is 346 g/mol. The number of hydrogen-bond donors (Lipinski definition) is 0. The molecule has 136 valence electrons. The van der Waals surface area contributed by atoms with Crippen LogP contribution in [0.4, 0.5) is 17.6 Å². The van der Waals surface area contributed by atoms with E-state index in [1.807, 2.05) is 0 Å². The lowest BCUT2D eigenvalue weighted by atomic mass is 10.1. The molecule has 0 radical (unpaired) electrons. The van der Waals surface area contributed by atoms with E-state index < -0.39 is 11.7 Å². The Hall–Kier alpha value is -2.63. The van der Waals surface area contributed by atoms with Crippen LogP contribution in [0.5, 0.6) is 0 Å². The topological polar surface area (TPSA) is 20.3 Å². The highest BCUT2D eigenvalue weighted by Crippen LogP contribution is 2.31. The molecule has 3 rings (SSSR count). The van der Waals surface area contributed by atoms with Gasteiger partial charge in [-0.05, 0) is 42.7 Å². The van der Waals surface area contributed by atoms with Crippen LogP contribution in [0.1, 0.15) is 29.5 Å². The summed E-state index contributed by atoms with van der Waals surface area (Å²) in [7, 11) is 0. The Kier molecular flexibility index (Phi) is 5.11. The summed E-state index contributed by atoms with van der Waals surface area (Å²) in [5.74, 6) is -0.721. The number of amides is 1. The Morgan fingerprint density at radius 2 is 1.85 bits per heavy atom. The predicted octanol–water partition coefficient (Wildman–Crippen LogP) is 5.05. The van der Waals surface area contributed by atoms with Crippen molar-refractivity contribution < 1.29 is 22.4 Å². The van der Waals surface area contributed by atoms with E-state index in [1.165, 1.54) is 30.4 Å². The fourth-order valence-corrected chi connectivity index (χ4v) is 2.67. The molecule has 1 aliphatic rings. The quantitative estimate of drug-likeness (QED) is 0.538. The molecule has 2 aromatic carbocycles. The number of alkyl halides is 3. The molecule has 1 amide bonds. The molecule has 0 aliphatic heterocycles. The summed E-state index contributed by atoms with van der Waals surface area (Å²) in [4.78, 5) is 14.0. The van der Waals surface area contributed by atoms with Gasteiger partial charge in [0.2, 0.25) is 5.91 Å². The van der Waals surface area contributed by atoms with Gasteiger partial charge in [-0.2, -0.15) is 13.2 Å². The molecule has 0 saturated heterocycles. The molecule has 26 heavy (non-hydrogen) atoms. The third-order valence-electron chi connectivity index (χ3n) is 4.20. The van der Waals surface area contributed by atoms with Crippen molar-refractivity contribution in [1.82, 2.24) is 4.90 Å². The van der Waals surface area contributed by atoms with Crippen molar-refractivity contribution in [3.05, 3.63) is 77.1 Å². The highest BCUT2D eigenvalue weighted by molar-refractivity contribution is 5.92. The van der Waals surface area contributed by atoms with E-state index in [1.54, 1.807) is 23.1 Å². The van der Waals surface area contributed by atoms with Gasteiger partial charge in [0, 0.05) is 24.2 Å². The molecule has 0 N–H and O–H groups in total. The average molecular weight is 363 g/mol. The number of carbonyl (C=O) groups excluding carboxylic acids is 1. The third-order valence-corrected chi connectivity index (χ3v) is 4.20. The Morgan fingerprint density at radius 1 is 1.12 bits per heavy atom. The summed E-state index contributed by atoms with van der Waals surface area (Å²) in [5, 5.41) is 0. The highest BCUT2D eigenvalue weighted by atomic mass is 19.4. The van der Waals surface area contributed by atoms with E-state index in [-0.39, 0.29) is 29.9 Å². The monoisotopic (exact) mass is 363 g/mol. The Bertz CT molecular complexity index is 825. The van der Waals surface area contributed by atoms with Crippen molar-refractivity contribution in [3.8, 4) is 0 Å². The Morgan fingerprint density at radius 3 is 2.50 bits per heavy atom. The first-order valence-corrected chi connectivity index (χ1v) is 8.24. The summed E-state index contributed by atoms with van der Waals surface area (Å²) in [6, 6.07) is 11.0. The lowest BCUT2D eigenvalue weighted by Crippen LogP contribution is -2.31. The van der Waals surface area contributed by atoms with Crippen LogP contribution in [0.25, 0.3) is 6.08 Å². The third kappa shape index (κ3) is 4.50. The molecule has 0 atom stereocenters. The largest absolute Gasteiger partial charge is 0.416 e. The average Bonchev–Trinajstić information content (AvgIpc) is 3.43. The fourth-order valence-electron chi connectivity index (χ4n) is 2.67. The maximum absolute atomic E-state index is 13.8. The molecule has 0 bridgehead atoms. The van der Waals surface area contributed by atoms with Crippen molar-refractivity contribution in [2.45, 2.75) is 31.6 Å². The van der Waals surface area contributed by atoms with E-state index in [4.69, 9.17) is 0 Å². The van der Waals surface area contributed by atoms with Gasteiger partial charge in [0.1, 0.15) is 5.82 Å². The van der Waals surface area contributed by atoms with Crippen LogP contribution in [0.15, 0.2) is 54.6 Å². The lowest BCUT2D eigenvalue weighted by molar-refractivity contribution is -0.137. The first kappa shape index (κ1) is 18.2. The van der Waals surface area contributed by atoms with Crippen LogP contribution < -0.4 is 0 Å². The van der Waals surface area contributed by atoms with Crippen LogP contribution in [0, 0.1) is 5.82 Å². The summed E-state index contributed by atoms with van der Waals surface area (Å²) in [6.07, 6.45) is -0.142. The normalized spacial score (nSPS) is 14.6.